The Balaban J connectivity index is 1.37. The van der Waals surface area contributed by atoms with Crippen LogP contribution < -0.4 is 0 Å². The highest BCUT2D eigenvalue weighted by molar-refractivity contribution is 5.67. The maximum Gasteiger partial charge on any atom is 0.410 e. The number of benzene rings is 1. The van der Waals surface area contributed by atoms with Crippen molar-refractivity contribution in [3.05, 3.63) is 35.9 Å². The van der Waals surface area contributed by atoms with Crippen molar-refractivity contribution in [2.45, 2.75) is 38.7 Å². The lowest BCUT2D eigenvalue weighted by molar-refractivity contribution is 0.0757. The summed E-state index contributed by atoms with van der Waals surface area (Å²) in [6, 6.07) is 9.87. The van der Waals surface area contributed by atoms with Crippen LogP contribution in [0.15, 0.2) is 30.3 Å². The van der Waals surface area contributed by atoms with Gasteiger partial charge in [0.25, 0.3) is 0 Å². The molecule has 0 atom stereocenters. The van der Waals surface area contributed by atoms with E-state index >= 15 is 0 Å². The van der Waals surface area contributed by atoms with Crippen LogP contribution in [-0.2, 0) is 11.3 Å². The Morgan fingerprint density at radius 2 is 1.70 bits per heavy atom. The molecule has 0 N–H and O–H groups in total. The van der Waals surface area contributed by atoms with Crippen molar-refractivity contribution < 1.29 is 9.53 Å². The molecule has 2 fully saturated rings. The Labute approximate surface area is 139 Å². The number of hydrogen-bond donors (Lipinski definition) is 0. The summed E-state index contributed by atoms with van der Waals surface area (Å²) >= 11 is 0. The van der Waals surface area contributed by atoms with Gasteiger partial charge in [-0.25, -0.2) is 4.79 Å². The van der Waals surface area contributed by atoms with Gasteiger partial charge in [-0.2, -0.15) is 0 Å². The van der Waals surface area contributed by atoms with Gasteiger partial charge in [-0.15, -0.1) is 0 Å². The first kappa shape index (κ1) is 16.3. The second kappa shape index (κ2) is 8.34. The minimum Gasteiger partial charge on any atom is -0.445 e. The van der Waals surface area contributed by atoms with E-state index in [1.165, 1.54) is 38.9 Å². The molecule has 0 unspecified atom stereocenters. The van der Waals surface area contributed by atoms with Crippen LogP contribution in [0.1, 0.15) is 37.7 Å². The summed E-state index contributed by atoms with van der Waals surface area (Å²) in [6.45, 7) is 5.79. The van der Waals surface area contributed by atoms with E-state index in [0.29, 0.717) is 6.61 Å². The standard InChI is InChI=1S/C19H28N2O2/c22-19(23-16-18-7-3-1-4-8-18)21-13-9-17(10-14-21)15-20-11-5-2-6-12-20/h1,3-4,7-8,17H,2,5-6,9-16H2. The van der Waals surface area contributed by atoms with Crippen LogP contribution in [0.4, 0.5) is 4.79 Å². The van der Waals surface area contributed by atoms with E-state index in [1.807, 2.05) is 35.2 Å². The van der Waals surface area contributed by atoms with Gasteiger partial charge in [-0.3, -0.25) is 0 Å². The maximum absolute atomic E-state index is 12.2. The summed E-state index contributed by atoms with van der Waals surface area (Å²) in [5.74, 6) is 0.742. The zero-order valence-corrected chi connectivity index (χ0v) is 14.0. The third kappa shape index (κ3) is 4.96. The Bertz CT molecular complexity index is 477. The molecule has 2 heterocycles. The quantitative estimate of drug-likeness (QED) is 0.852. The number of carbonyl (C=O) groups is 1. The van der Waals surface area contributed by atoms with E-state index < -0.39 is 0 Å². The number of carbonyl (C=O) groups excluding carboxylic acids is 1. The fourth-order valence-electron chi connectivity index (χ4n) is 3.62. The highest BCUT2D eigenvalue weighted by Gasteiger charge is 2.25. The molecule has 0 aromatic heterocycles. The van der Waals surface area contributed by atoms with Crippen LogP contribution in [0.5, 0.6) is 0 Å². The molecule has 1 aromatic carbocycles. The fourth-order valence-corrected chi connectivity index (χ4v) is 3.62. The van der Waals surface area contributed by atoms with Gasteiger partial charge in [0.15, 0.2) is 0 Å². The van der Waals surface area contributed by atoms with E-state index in [0.717, 1.165) is 37.4 Å². The van der Waals surface area contributed by atoms with Gasteiger partial charge in [-0.1, -0.05) is 36.8 Å². The second-order valence-electron chi connectivity index (χ2n) is 6.83. The van der Waals surface area contributed by atoms with Crippen molar-refractivity contribution in [3.8, 4) is 0 Å². The van der Waals surface area contributed by atoms with E-state index in [4.69, 9.17) is 4.74 Å². The second-order valence-corrected chi connectivity index (χ2v) is 6.83. The first-order valence-corrected chi connectivity index (χ1v) is 8.99. The fraction of sp³-hybridized carbons (Fsp3) is 0.632. The van der Waals surface area contributed by atoms with E-state index in [9.17, 15) is 4.79 Å². The molecule has 4 nitrogen and oxygen atoms in total. The largest absolute Gasteiger partial charge is 0.445 e. The Morgan fingerprint density at radius 3 is 2.39 bits per heavy atom. The lowest BCUT2D eigenvalue weighted by Crippen LogP contribution is -2.42. The molecule has 0 saturated carbocycles. The Morgan fingerprint density at radius 1 is 1.00 bits per heavy atom. The summed E-state index contributed by atoms with van der Waals surface area (Å²) in [6.07, 6.45) is 6.15. The van der Waals surface area contributed by atoms with Crippen LogP contribution >= 0.6 is 0 Å². The SMILES string of the molecule is O=C(OCc1ccccc1)N1CCC(CN2CCCCC2)CC1. The molecule has 3 rings (SSSR count). The normalized spacial score (nSPS) is 20.4. The molecule has 0 aliphatic carbocycles. The maximum atomic E-state index is 12.2. The number of likely N-dealkylation sites (tertiary alicyclic amines) is 2. The first-order chi connectivity index (χ1) is 11.3. The smallest absolute Gasteiger partial charge is 0.410 e. The molecule has 2 aliphatic rings. The van der Waals surface area contributed by atoms with Gasteiger partial charge < -0.3 is 14.5 Å². The molecule has 0 spiro atoms. The number of piperidine rings is 2. The summed E-state index contributed by atoms with van der Waals surface area (Å²) < 4.78 is 5.43. The molecule has 23 heavy (non-hydrogen) atoms. The summed E-state index contributed by atoms with van der Waals surface area (Å²) in [5, 5.41) is 0. The third-order valence-electron chi connectivity index (χ3n) is 5.04. The lowest BCUT2D eigenvalue weighted by Gasteiger charge is -2.35. The van der Waals surface area contributed by atoms with Crippen molar-refractivity contribution in [1.82, 2.24) is 9.80 Å². The summed E-state index contributed by atoms with van der Waals surface area (Å²) in [7, 11) is 0. The van der Waals surface area contributed by atoms with E-state index in [1.54, 1.807) is 0 Å². The molecule has 0 bridgehead atoms. The third-order valence-corrected chi connectivity index (χ3v) is 5.04. The van der Waals surface area contributed by atoms with Gasteiger partial charge in [0.2, 0.25) is 0 Å². The number of nitrogens with zero attached hydrogens (tertiary/aromatic N) is 2. The van der Waals surface area contributed by atoms with Crippen LogP contribution in [-0.4, -0.2) is 48.6 Å². The number of amides is 1. The monoisotopic (exact) mass is 316 g/mol. The zero-order valence-electron chi connectivity index (χ0n) is 14.0. The van der Waals surface area contributed by atoms with Crippen molar-refractivity contribution in [2.24, 2.45) is 5.92 Å². The predicted molar refractivity (Wildman–Crippen MR) is 91.2 cm³/mol. The van der Waals surface area contributed by atoms with Crippen LogP contribution in [0.3, 0.4) is 0 Å². The molecule has 1 aromatic rings. The van der Waals surface area contributed by atoms with E-state index in [2.05, 4.69) is 4.90 Å². The average molecular weight is 316 g/mol. The number of hydrogen-bond acceptors (Lipinski definition) is 3. The molecule has 0 radical (unpaired) electrons. The van der Waals surface area contributed by atoms with Crippen LogP contribution in [0, 0.1) is 5.92 Å². The summed E-state index contributed by atoms with van der Waals surface area (Å²) in [4.78, 5) is 16.6. The Kier molecular flexibility index (Phi) is 5.92. The van der Waals surface area contributed by atoms with Gasteiger partial charge in [-0.05, 0) is 50.3 Å². The minimum absolute atomic E-state index is 0.162. The van der Waals surface area contributed by atoms with Gasteiger partial charge in [0.1, 0.15) is 6.61 Å². The predicted octanol–water partition coefficient (Wildman–Crippen LogP) is 3.52. The molecular weight excluding hydrogens is 288 g/mol. The molecule has 2 aliphatic heterocycles. The van der Waals surface area contributed by atoms with Gasteiger partial charge in [0, 0.05) is 19.6 Å². The highest BCUT2D eigenvalue weighted by Crippen LogP contribution is 2.21. The van der Waals surface area contributed by atoms with Gasteiger partial charge in [0.05, 0.1) is 0 Å². The first-order valence-electron chi connectivity index (χ1n) is 8.99. The average Bonchev–Trinajstić information content (AvgIpc) is 2.62. The molecule has 126 valence electrons. The topological polar surface area (TPSA) is 32.8 Å². The lowest BCUT2D eigenvalue weighted by atomic mass is 9.95. The molecule has 4 heteroatoms. The van der Waals surface area contributed by atoms with Crippen molar-refractivity contribution in [3.63, 3.8) is 0 Å². The molecule has 2 saturated heterocycles. The van der Waals surface area contributed by atoms with Crippen LogP contribution in [0.25, 0.3) is 0 Å². The molecule has 1 amide bonds. The zero-order chi connectivity index (χ0) is 15.9. The van der Waals surface area contributed by atoms with Crippen LogP contribution in [0.2, 0.25) is 0 Å². The Hall–Kier alpha value is -1.55. The number of rotatable bonds is 4. The minimum atomic E-state index is -0.162. The van der Waals surface area contributed by atoms with Crippen molar-refractivity contribution in [1.29, 1.82) is 0 Å². The van der Waals surface area contributed by atoms with Crippen molar-refractivity contribution in [2.75, 3.05) is 32.7 Å². The van der Waals surface area contributed by atoms with Crippen molar-refractivity contribution >= 4 is 6.09 Å². The number of ether oxygens (including phenoxy) is 1. The van der Waals surface area contributed by atoms with Gasteiger partial charge >= 0.3 is 6.09 Å². The summed E-state index contributed by atoms with van der Waals surface area (Å²) in [5.41, 5.74) is 1.04. The van der Waals surface area contributed by atoms with E-state index in [-0.39, 0.29) is 6.09 Å². The molecular formula is C19H28N2O2. The highest BCUT2D eigenvalue weighted by atomic mass is 16.6.